The Morgan fingerprint density at radius 2 is 1.48 bits per heavy atom. The molecule has 0 amide bonds. The Balaban J connectivity index is 1.47. The van der Waals surface area contributed by atoms with Crippen molar-refractivity contribution in [2.24, 2.45) is 0 Å². The van der Waals surface area contributed by atoms with E-state index in [4.69, 9.17) is 4.74 Å². The Kier molecular flexibility index (Phi) is 7.84. The molecule has 3 rings (SSSR count). The zero-order valence-corrected chi connectivity index (χ0v) is 18.2. The summed E-state index contributed by atoms with van der Waals surface area (Å²) in [5, 5.41) is 3.50. The standard InChI is InChI=1S/C23H32N2O3S/c1-18-7-11-20(12-8-18)17-28-16-15-24-22-5-3-4-6-23(22)25-29(26,27)21-13-9-19(2)10-14-21/h7-14,22-25H,3-6,15-17H2,1-2H3/t22-,23-/m1/s1. The Morgan fingerprint density at radius 1 is 0.897 bits per heavy atom. The van der Waals surface area contributed by atoms with Gasteiger partial charge in [-0.05, 0) is 44.4 Å². The van der Waals surface area contributed by atoms with Crippen LogP contribution >= 0.6 is 0 Å². The Labute approximate surface area is 174 Å². The molecule has 0 heterocycles. The SMILES string of the molecule is Cc1ccc(COCCN[C@@H]2CCCC[C@H]2NS(=O)(=O)c2ccc(C)cc2)cc1. The number of nitrogens with one attached hydrogen (secondary N) is 2. The maximum atomic E-state index is 12.8. The Hall–Kier alpha value is -1.73. The largest absolute Gasteiger partial charge is 0.375 e. The summed E-state index contributed by atoms with van der Waals surface area (Å²) in [5.74, 6) is 0. The molecule has 0 aromatic heterocycles. The van der Waals surface area contributed by atoms with Crippen molar-refractivity contribution in [3.8, 4) is 0 Å². The summed E-state index contributed by atoms with van der Waals surface area (Å²) in [5.41, 5.74) is 3.45. The highest BCUT2D eigenvalue weighted by molar-refractivity contribution is 7.89. The van der Waals surface area contributed by atoms with E-state index in [0.29, 0.717) is 24.7 Å². The lowest BCUT2D eigenvalue weighted by Gasteiger charge is -2.32. The van der Waals surface area contributed by atoms with Gasteiger partial charge in [0.25, 0.3) is 0 Å². The van der Waals surface area contributed by atoms with Gasteiger partial charge in [0.15, 0.2) is 0 Å². The molecule has 1 fully saturated rings. The molecule has 0 spiro atoms. The van der Waals surface area contributed by atoms with Gasteiger partial charge in [0.2, 0.25) is 10.0 Å². The molecule has 2 aromatic carbocycles. The third-order valence-corrected chi connectivity index (χ3v) is 6.95. The Bertz CT molecular complexity index is 864. The summed E-state index contributed by atoms with van der Waals surface area (Å²) in [6.45, 7) is 5.92. The van der Waals surface area contributed by atoms with E-state index in [2.05, 4.69) is 41.2 Å². The van der Waals surface area contributed by atoms with Gasteiger partial charge in [-0.3, -0.25) is 0 Å². The second-order valence-electron chi connectivity index (χ2n) is 7.92. The molecule has 29 heavy (non-hydrogen) atoms. The molecule has 0 saturated heterocycles. The zero-order chi connectivity index (χ0) is 20.7. The van der Waals surface area contributed by atoms with E-state index in [-0.39, 0.29) is 12.1 Å². The van der Waals surface area contributed by atoms with E-state index in [1.54, 1.807) is 12.1 Å². The first-order valence-corrected chi connectivity index (χ1v) is 11.9. The van der Waals surface area contributed by atoms with Crippen molar-refractivity contribution >= 4 is 10.0 Å². The first-order chi connectivity index (χ1) is 13.9. The second kappa shape index (κ2) is 10.3. The molecule has 1 saturated carbocycles. The van der Waals surface area contributed by atoms with Crippen LogP contribution in [0.5, 0.6) is 0 Å². The van der Waals surface area contributed by atoms with E-state index in [9.17, 15) is 8.42 Å². The van der Waals surface area contributed by atoms with E-state index in [1.165, 1.54) is 5.56 Å². The minimum atomic E-state index is -3.51. The van der Waals surface area contributed by atoms with Crippen LogP contribution in [0.4, 0.5) is 0 Å². The number of aryl methyl sites for hydroxylation is 2. The van der Waals surface area contributed by atoms with Crippen molar-refractivity contribution in [2.75, 3.05) is 13.2 Å². The molecule has 2 atom stereocenters. The van der Waals surface area contributed by atoms with Gasteiger partial charge in [0.1, 0.15) is 0 Å². The lowest BCUT2D eigenvalue weighted by Crippen LogP contribution is -2.52. The quantitative estimate of drug-likeness (QED) is 0.612. The molecule has 1 aliphatic carbocycles. The maximum Gasteiger partial charge on any atom is 0.240 e. The first kappa shape index (κ1) is 22.0. The number of benzene rings is 2. The molecular weight excluding hydrogens is 384 g/mol. The number of rotatable bonds is 9. The van der Waals surface area contributed by atoms with Crippen LogP contribution in [0, 0.1) is 13.8 Å². The molecule has 0 unspecified atom stereocenters. The molecule has 5 nitrogen and oxygen atoms in total. The van der Waals surface area contributed by atoms with Crippen LogP contribution in [0.25, 0.3) is 0 Å². The van der Waals surface area contributed by atoms with Crippen LogP contribution in [-0.2, 0) is 21.4 Å². The molecule has 1 aliphatic rings. The minimum Gasteiger partial charge on any atom is -0.375 e. The van der Waals surface area contributed by atoms with Gasteiger partial charge in [-0.25, -0.2) is 13.1 Å². The normalized spacial score (nSPS) is 19.9. The molecule has 0 radical (unpaired) electrons. The van der Waals surface area contributed by atoms with E-state index < -0.39 is 10.0 Å². The van der Waals surface area contributed by atoms with Gasteiger partial charge < -0.3 is 10.1 Å². The van der Waals surface area contributed by atoms with E-state index in [0.717, 1.165) is 36.8 Å². The highest BCUT2D eigenvalue weighted by atomic mass is 32.2. The van der Waals surface area contributed by atoms with Crippen LogP contribution in [0.1, 0.15) is 42.4 Å². The zero-order valence-electron chi connectivity index (χ0n) is 17.4. The van der Waals surface area contributed by atoms with Crippen molar-refractivity contribution in [2.45, 2.75) is 63.1 Å². The third kappa shape index (κ3) is 6.64. The Morgan fingerprint density at radius 3 is 2.14 bits per heavy atom. The molecule has 2 N–H and O–H groups in total. The van der Waals surface area contributed by atoms with Gasteiger partial charge >= 0.3 is 0 Å². The monoisotopic (exact) mass is 416 g/mol. The summed E-state index contributed by atoms with van der Waals surface area (Å²) >= 11 is 0. The topological polar surface area (TPSA) is 67.4 Å². The van der Waals surface area contributed by atoms with Gasteiger partial charge in [-0.2, -0.15) is 0 Å². The van der Waals surface area contributed by atoms with E-state index in [1.807, 2.05) is 19.1 Å². The van der Waals surface area contributed by atoms with Crippen molar-refractivity contribution in [3.63, 3.8) is 0 Å². The smallest absolute Gasteiger partial charge is 0.240 e. The average molecular weight is 417 g/mol. The maximum absolute atomic E-state index is 12.8. The fourth-order valence-corrected chi connectivity index (χ4v) is 5.00. The molecular formula is C23H32N2O3S. The summed E-state index contributed by atoms with van der Waals surface area (Å²) in [7, 11) is -3.51. The van der Waals surface area contributed by atoms with Gasteiger partial charge in [-0.15, -0.1) is 0 Å². The summed E-state index contributed by atoms with van der Waals surface area (Å²) in [4.78, 5) is 0.328. The predicted octanol–water partition coefficient (Wildman–Crippen LogP) is 3.70. The lowest BCUT2D eigenvalue weighted by atomic mass is 9.91. The van der Waals surface area contributed by atoms with Gasteiger partial charge in [0.05, 0.1) is 18.1 Å². The molecule has 2 aromatic rings. The summed E-state index contributed by atoms with van der Waals surface area (Å²) < 4.78 is 34.2. The minimum absolute atomic E-state index is 0.0906. The third-order valence-electron chi connectivity index (χ3n) is 5.45. The van der Waals surface area contributed by atoms with Crippen LogP contribution in [0.3, 0.4) is 0 Å². The summed E-state index contributed by atoms with van der Waals surface area (Å²) in [6, 6.07) is 15.4. The van der Waals surface area contributed by atoms with Crippen molar-refractivity contribution in [1.29, 1.82) is 0 Å². The fourth-order valence-electron chi connectivity index (χ4n) is 3.69. The van der Waals surface area contributed by atoms with Crippen LogP contribution in [0.15, 0.2) is 53.4 Å². The average Bonchev–Trinajstić information content (AvgIpc) is 2.70. The summed E-state index contributed by atoms with van der Waals surface area (Å²) in [6.07, 6.45) is 3.99. The van der Waals surface area contributed by atoms with Crippen LogP contribution in [0.2, 0.25) is 0 Å². The lowest BCUT2D eigenvalue weighted by molar-refractivity contribution is 0.118. The molecule has 158 valence electrons. The van der Waals surface area contributed by atoms with Crippen molar-refractivity contribution in [3.05, 3.63) is 65.2 Å². The molecule has 0 bridgehead atoms. The molecule has 6 heteroatoms. The first-order valence-electron chi connectivity index (χ1n) is 10.4. The molecule has 0 aliphatic heterocycles. The number of sulfonamides is 1. The second-order valence-corrected chi connectivity index (χ2v) is 9.64. The van der Waals surface area contributed by atoms with Gasteiger partial charge in [0, 0.05) is 18.6 Å². The number of hydrogen-bond acceptors (Lipinski definition) is 4. The van der Waals surface area contributed by atoms with Crippen LogP contribution < -0.4 is 10.0 Å². The van der Waals surface area contributed by atoms with Gasteiger partial charge in [-0.1, -0.05) is 60.4 Å². The fraction of sp³-hybridized carbons (Fsp3) is 0.478. The van der Waals surface area contributed by atoms with E-state index >= 15 is 0 Å². The van der Waals surface area contributed by atoms with Crippen molar-refractivity contribution in [1.82, 2.24) is 10.0 Å². The van der Waals surface area contributed by atoms with Crippen molar-refractivity contribution < 1.29 is 13.2 Å². The number of hydrogen-bond donors (Lipinski definition) is 2. The predicted molar refractivity (Wildman–Crippen MR) is 116 cm³/mol. The van der Waals surface area contributed by atoms with Crippen LogP contribution in [-0.4, -0.2) is 33.7 Å². The number of ether oxygens (including phenoxy) is 1. The highest BCUT2D eigenvalue weighted by Crippen LogP contribution is 2.21. The highest BCUT2D eigenvalue weighted by Gasteiger charge is 2.29.